The zero-order valence-electron chi connectivity index (χ0n) is 9.77. The molecular weight excluding hydrogens is 220 g/mol. The lowest BCUT2D eigenvalue weighted by Gasteiger charge is -2.38. The molecule has 1 aromatic rings. The highest BCUT2D eigenvalue weighted by atomic mass is 35.5. The summed E-state index contributed by atoms with van der Waals surface area (Å²) in [6, 6.07) is 11.1. The fourth-order valence-corrected chi connectivity index (χ4v) is 2.50. The van der Waals surface area contributed by atoms with Gasteiger partial charge in [-0.2, -0.15) is 0 Å². The maximum atomic E-state index is 5.98. The van der Waals surface area contributed by atoms with Crippen LogP contribution in [-0.2, 0) is 6.54 Å². The molecule has 0 saturated carbocycles. The van der Waals surface area contributed by atoms with E-state index in [1.165, 1.54) is 5.56 Å². The number of alkyl halides is 1. The molecule has 1 aromatic carbocycles. The van der Waals surface area contributed by atoms with Gasteiger partial charge in [-0.15, -0.1) is 11.6 Å². The highest BCUT2D eigenvalue weighted by Crippen LogP contribution is 2.12. The van der Waals surface area contributed by atoms with Crippen molar-refractivity contribution in [1.29, 1.82) is 0 Å². The van der Waals surface area contributed by atoms with Crippen LogP contribution in [0.5, 0.6) is 0 Å². The molecule has 1 heterocycles. The number of benzene rings is 1. The fourth-order valence-electron chi connectivity index (χ4n) is 2.16. The van der Waals surface area contributed by atoms with Crippen LogP contribution in [0.2, 0.25) is 0 Å². The minimum absolute atomic E-state index is 0.499. The van der Waals surface area contributed by atoms with Crippen LogP contribution in [0.15, 0.2) is 30.3 Å². The van der Waals surface area contributed by atoms with Crippen molar-refractivity contribution >= 4 is 11.6 Å². The first kappa shape index (κ1) is 11.9. The van der Waals surface area contributed by atoms with Crippen LogP contribution in [0.4, 0.5) is 0 Å². The van der Waals surface area contributed by atoms with Crippen molar-refractivity contribution in [2.45, 2.75) is 12.6 Å². The standard InChI is InChI=1S/C13H19ClN2/c1-15-7-8-16(11-13(15)9-14)10-12-5-3-2-4-6-12/h2-6,13H,7-11H2,1H3. The number of piperazine rings is 1. The van der Waals surface area contributed by atoms with E-state index in [4.69, 9.17) is 11.6 Å². The molecule has 1 aliphatic heterocycles. The summed E-state index contributed by atoms with van der Waals surface area (Å²) in [5.41, 5.74) is 1.39. The molecule has 3 heteroatoms. The SMILES string of the molecule is CN1CCN(Cc2ccccc2)CC1CCl. The zero-order chi connectivity index (χ0) is 11.4. The second kappa shape index (κ2) is 5.67. The van der Waals surface area contributed by atoms with Gasteiger partial charge >= 0.3 is 0 Å². The fraction of sp³-hybridized carbons (Fsp3) is 0.538. The van der Waals surface area contributed by atoms with E-state index in [0.717, 1.165) is 32.1 Å². The Kier molecular flexibility index (Phi) is 4.22. The van der Waals surface area contributed by atoms with Gasteiger partial charge in [0, 0.05) is 38.1 Å². The molecule has 0 aromatic heterocycles. The van der Waals surface area contributed by atoms with Gasteiger partial charge in [0.2, 0.25) is 0 Å². The molecule has 1 aliphatic rings. The lowest BCUT2D eigenvalue weighted by Crippen LogP contribution is -2.51. The van der Waals surface area contributed by atoms with Gasteiger partial charge in [-0.25, -0.2) is 0 Å². The van der Waals surface area contributed by atoms with Gasteiger partial charge in [0.15, 0.2) is 0 Å². The molecule has 0 radical (unpaired) electrons. The first-order chi connectivity index (χ1) is 7.79. The van der Waals surface area contributed by atoms with Gasteiger partial charge < -0.3 is 0 Å². The van der Waals surface area contributed by atoms with Crippen LogP contribution in [0.3, 0.4) is 0 Å². The molecule has 88 valence electrons. The lowest BCUT2D eigenvalue weighted by molar-refractivity contribution is 0.102. The largest absolute Gasteiger partial charge is 0.300 e. The van der Waals surface area contributed by atoms with E-state index in [9.17, 15) is 0 Å². The second-order valence-corrected chi connectivity index (χ2v) is 4.82. The van der Waals surface area contributed by atoms with Crippen LogP contribution < -0.4 is 0 Å². The normalized spacial score (nSPS) is 23.5. The predicted octanol–water partition coefficient (Wildman–Crippen LogP) is 2.04. The van der Waals surface area contributed by atoms with Crippen molar-refractivity contribution in [3.8, 4) is 0 Å². The molecule has 2 rings (SSSR count). The summed E-state index contributed by atoms with van der Waals surface area (Å²) < 4.78 is 0. The van der Waals surface area contributed by atoms with Gasteiger partial charge in [-0.05, 0) is 12.6 Å². The van der Waals surface area contributed by atoms with E-state index in [2.05, 4.69) is 47.2 Å². The molecule has 0 aliphatic carbocycles. The van der Waals surface area contributed by atoms with Gasteiger partial charge in [0.25, 0.3) is 0 Å². The highest BCUT2D eigenvalue weighted by Gasteiger charge is 2.23. The van der Waals surface area contributed by atoms with Crippen molar-refractivity contribution in [3.63, 3.8) is 0 Å². The van der Waals surface area contributed by atoms with Crippen molar-refractivity contribution in [2.24, 2.45) is 0 Å². The van der Waals surface area contributed by atoms with Crippen LogP contribution in [0.1, 0.15) is 5.56 Å². The van der Waals surface area contributed by atoms with Crippen molar-refractivity contribution < 1.29 is 0 Å². The third kappa shape index (κ3) is 2.97. The molecule has 16 heavy (non-hydrogen) atoms. The van der Waals surface area contributed by atoms with E-state index in [-0.39, 0.29) is 0 Å². The maximum Gasteiger partial charge on any atom is 0.0391 e. The Balaban J connectivity index is 1.92. The minimum atomic E-state index is 0.499. The Labute approximate surface area is 103 Å². The number of hydrogen-bond acceptors (Lipinski definition) is 2. The zero-order valence-corrected chi connectivity index (χ0v) is 10.5. The average molecular weight is 239 g/mol. The van der Waals surface area contributed by atoms with Crippen molar-refractivity contribution in [3.05, 3.63) is 35.9 Å². The molecule has 0 amide bonds. The summed E-state index contributed by atoms with van der Waals surface area (Å²) in [5, 5.41) is 0. The monoisotopic (exact) mass is 238 g/mol. The minimum Gasteiger partial charge on any atom is -0.300 e. The molecule has 0 bridgehead atoms. The number of rotatable bonds is 3. The van der Waals surface area contributed by atoms with E-state index >= 15 is 0 Å². The summed E-state index contributed by atoms with van der Waals surface area (Å²) in [6.07, 6.45) is 0. The highest BCUT2D eigenvalue weighted by molar-refractivity contribution is 6.18. The third-order valence-corrected chi connectivity index (χ3v) is 3.64. The maximum absolute atomic E-state index is 5.98. The van der Waals surface area contributed by atoms with Gasteiger partial charge in [0.1, 0.15) is 0 Å². The summed E-state index contributed by atoms with van der Waals surface area (Å²) in [4.78, 5) is 4.84. The molecule has 1 fully saturated rings. The summed E-state index contributed by atoms with van der Waals surface area (Å²) in [7, 11) is 2.16. The number of nitrogens with zero attached hydrogens (tertiary/aromatic N) is 2. The first-order valence-corrected chi connectivity index (χ1v) is 6.35. The first-order valence-electron chi connectivity index (χ1n) is 5.82. The third-order valence-electron chi connectivity index (χ3n) is 3.29. The van der Waals surface area contributed by atoms with Crippen LogP contribution in [-0.4, -0.2) is 48.4 Å². The number of hydrogen-bond donors (Lipinski definition) is 0. The topological polar surface area (TPSA) is 6.48 Å². The summed E-state index contributed by atoms with van der Waals surface area (Å²) in [6.45, 7) is 4.37. The Morgan fingerprint density at radius 2 is 2.00 bits per heavy atom. The smallest absolute Gasteiger partial charge is 0.0391 e. The van der Waals surface area contributed by atoms with Crippen molar-refractivity contribution in [2.75, 3.05) is 32.6 Å². The molecule has 2 nitrogen and oxygen atoms in total. The molecule has 1 unspecified atom stereocenters. The number of likely N-dealkylation sites (N-methyl/N-ethyl adjacent to an activating group) is 1. The summed E-state index contributed by atoms with van der Waals surface area (Å²) >= 11 is 5.98. The van der Waals surface area contributed by atoms with Crippen molar-refractivity contribution in [1.82, 2.24) is 9.80 Å². The molecule has 1 saturated heterocycles. The molecule has 1 atom stereocenters. The molecule has 0 N–H and O–H groups in total. The van der Waals surface area contributed by atoms with Crippen LogP contribution >= 0.6 is 11.6 Å². The van der Waals surface area contributed by atoms with Gasteiger partial charge in [-0.1, -0.05) is 30.3 Å². The Morgan fingerprint density at radius 3 is 2.69 bits per heavy atom. The van der Waals surface area contributed by atoms with Gasteiger partial charge in [0.05, 0.1) is 0 Å². The van der Waals surface area contributed by atoms with E-state index in [1.807, 2.05) is 0 Å². The Bertz CT molecular complexity index is 315. The van der Waals surface area contributed by atoms with Gasteiger partial charge in [-0.3, -0.25) is 9.80 Å². The molecular formula is C13H19ClN2. The molecule has 0 spiro atoms. The Morgan fingerprint density at radius 1 is 1.25 bits per heavy atom. The second-order valence-electron chi connectivity index (χ2n) is 4.51. The van der Waals surface area contributed by atoms with E-state index in [0.29, 0.717) is 6.04 Å². The average Bonchev–Trinajstić information content (AvgIpc) is 2.33. The predicted molar refractivity (Wildman–Crippen MR) is 68.9 cm³/mol. The number of halogens is 1. The quantitative estimate of drug-likeness (QED) is 0.744. The summed E-state index contributed by atoms with van der Waals surface area (Å²) in [5.74, 6) is 0.724. The lowest BCUT2D eigenvalue weighted by atomic mass is 10.1. The van der Waals surface area contributed by atoms with E-state index in [1.54, 1.807) is 0 Å². The van der Waals surface area contributed by atoms with E-state index < -0.39 is 0 Å². The Hall–Kier alpha value is -0.570. The van der Waals surface area contributed by atoms with Crippen LogP contribution in [0, 0.1) is 0 Å². The van der Waals surface area contributed by atoms with Crippen LogP contribution in [0.25, 0.3) is 0 Å².